The first kappa shape index (κ1) is 40.1. The average Bonchev–Trinajstić information content (AvgIpc) is 3.82. The largest absolute Gasteiger partial charge is 0.458 e. The van der Waals surface area contributed by atoms with E-state index in [4.69, 9.17) is 28.9 Å². The molecule has 2 aromatic carbocycles. The average molecular weight is 853 g/mol. The summed E-state index contributed by atoms with van der Waals surface area (Å²) in [6.45, 7) is 3.38. The van der Waals surface area contributed by atoms with E-state index in [1.54, 1.807) is 71.5 Å². The number of esters is 4. The van der Waals surface area contributed by atoms with Gasteiger partial charge in [0, 0.05) is 45.9 Å². The lowest BCUT2D eigenvalue weighted by Crippen LogP contribution is -2.44. The summed E-state index contributed by atoms with van der Waals surface area (Å²) in [5.74, 6) is -1.73. The summed E-state index contributed by atoms with van der Waals surface area (Å²) < 4.78 is 24.7. The Morgan fingerprint density at radius 3 is 1.48 bits per heavy atom. The molecule has 16 heteroatoms. The van der Waals surface area contributed by atoms with Gasteiger partial charge in [-0.15, -0.1) is 0 Å². The molecule has 0 amide bonds. The van der Waals surface area contributed by atoms with E-state index in [9.17, 15) is 39.0 Å². The van der Waals surface area contributed by atoms with Gasteiger partial charge in [0.1, 0.15) is 24.7 Å². The minimum atomic E-state index is -1.91. The number of pyridine rings is 4. The first-order valence-corrected chi connectivity index (χ1v) is 20.9. The van der Waals surface area contributed by atoms with Crippen LogP contribution in [-0.2, 0) is 66.2 Å². The van der Waals surface area contributed by atoms with Crippen molar-refractivity contribution in [3.63, 3.8) is 0 Å². The summed E-state index contributed by atoms with van der Waals surface area (Å²) in [5.41, 5.74) is 1.39. The van der Waals surface area contributed by atoms with Crippen LogP contribution in [0.3, 0.4) is 0 Å². The molecule has 4 aliphatic rings. The Kier molecular flexibility index (Phi) is 9.41. The molecule has 0 fully saturated rings. The molecular formula is C47H40N4O12. The zero-order valence-electron chi connectivity index (χ0n) is 34.3. The van der Waals surface area contributed by atoms with E-state index < -0.39 is 35.1 Å². The Bertz CT molecular complexity index is 2940. The lowest BCUT2D eigenvalue weighted by molar-refractivity contribution is -0.172. The van der Waals surface area contributed by atoms with Crippen molar-refractivity contribution in [2.75, 3.05) is 0 Å². The summed E-state index contributed by atoms with van der Waals surface area (Å²) >= 11 is 0. The number of benzene rings is 2. The lowest BCUT2D eigenvalue weighted by atomic mass is 9.86. The van der Waals surface area contributed by atoms with Gasteiger partial charge in [0.2, 0.25) is 0 Å². The summed E-state index contributed by atoms with van der Waals surface area (Å²) in [6, 6.07) is 17.3. The standard InChI is InChI=1S/C47H40N4O12/c1-3-46(58)32-18-36-40-26(20-50(36)42(54)30(32)22-60-44(46)56)14-24-16-28(10-12-34(24)48-40)62-38(52)8-6-5-7-9-39(53)63-29-11-13-35-25(17-29)15-27-21-51-37(41(27)49-35)19-33-31(43(51)55)23-61-45(57)47(33,59)4-2/h10-19,58-59H,3-9,20-23H2,1-2H3. The molecular weight excluding hydrogens is 813 g/mol. The fraction of sp³-hybridized carbons (Fsp3) is 0.319. The van der Waals surface area contributed by atoms with E-state index in [1.807, 2.05) is 12.1 Å². The van der Waals surface area contributed by atoms with Crippen LogP contribution in [0.4, 0.5) is 0 Å². The quantitative estimate of drug-likeness (QED) is 0.106. The number of hydrogen-bond acceptors (Lipinski definition) is 14. The predicted octanol–water partition coefficient (Wildman–Crippen LogP) is 4.93. The molecule has 320 valence electrons. The first-order chi connectivity index (χ1) is 30.3. The van der Waals surface area contributed by atoms with Crippen LogP contribution in [0.25, 0.3) is 44.6 Å². The molecule has 0 aliphatic carbocycles. The maximum absolute atomic E-state index is 13.5. The fourth-order valence-electron chi connectivity index (χ4n) is 9.13. The Morgan fingerprint density at radius 1 is 0.635 bits per heavy atom. The minimum absolute atomic E-state index is 0.0502. The van der Waals surface area contributed by atoms with Crippen LogP contribution in [0.5, 0.6) is 11.5 Å². The molecule has 0 bridgehead atoms. The van der Waals surface area contributed by atoms with Crippen LogP contribution in [0.1, 0.15) is 92.2 Å². The molecule has 2 atom stereocenters. The van der Waals surface area contributed by atoms with Crippen LogP contribution in [0.2, 0.25) is 0 Å². The molecule has 0 saturated heterocycles. The Labute approximate surface area is 357 Å². The molecule has 2 unspecified atom stereocenters. The van der Waals surface area contributed by atoms with Crippen molar-refractivity contribution in [3.05, 3.63) is 115 Å². The smallest absolute Gasteiger partial charge is 0.343 e. The van der Waals surface area contributed by atoms with E-state index in [0.29, 0.717) is 75.3 Å². The van der Waals surface area contributed by atoms with Crippen molar-refractivity contribution >= 4 is 45.7 Å². The number of rotatable bonds is 10. The highest BCUT2D eigenvalue weighted by Gasteiger charge is 2.46. The van der Waals surface area contributed by atoms with Crippen molar-refractivity contribution in [1.82, 2.24) is 19.1 Å². The van der Waals surface area contributed by atoms with Gasteiger partial charge in [-0.3, -0.25) is 19.2 Å². The van der Waals surface area contributed by atoms with E-state index in [-0.39, 0.29) is 85.4 Å². The predicted molar refractivity (Wildman–Crippen MR) is 223 cm³/mol. The van der Waals surface area contributed by atoms with Gasteiger partial charge in [0.15, 0.2) is 11.2 Å². The van der Waals surface area contributed by atoms with Crippen molar-refractivity contribution in [2.45, 2.75) is 96.3 Å². The maximum atomic E-state index is 13.5. The molecule has 2 N–H and O–H groups in total. The number of ether oxygens (including phenoxy) is 4. The second-order valence-electron chi connectivity index (χ2n) is 16.4. The zero-order chi connectivity index (χ0) is 43.9. The van der Waals surface area contributed by atoms with E-state index in [2.05, 4.69) is 0 Å². The van der Waals surface area contributed by atoms with Crippen molar-refractivity contribution in [2.24, 2.45) is 0 Å². The number of carbonyl (C=O) groups is 4. The van der Waals surface area contributed by atoms with Crippen LogP contribution in [0.15, 0.2) is 70.3 Å². The number of fused-ring (bicyclic) bond motifs is 10. The van der Waals surface area contributed by atoms with Gasteiger partial charge in [-0.05, 0) is 86.3 Å². The Hall–Kier alpha value is -7.04. The number of aliphatic hydroxyl groups is 2. The molecule has 6 aromatic rings. The number of aromatic nitrogens is 4. The highest BCUT2D eigenvalue weighted by Crippen LogP contribution is 2.41. The summed E-state index contributed by atoms with van der Waals surface area (Å²) in [6.07, 6.45) is 1.96. The van der Waals surface area contributed by atoms with Gasteiger partial charge in [0.25, 0.3) is 11.1 Å². The molecule has 8 heterocycles. The summed E-state index contributed by atoms with van der Waals surface area (Å²) in [5, 5.41) is 23.7. The minimum Gasteiger partial charge on any atom is -0.458 e. The molecule has 10 rings (SSSR count). The third-order valence-electron chi connectivity index (χ3n) is 12.7. The fourth-order valence-corrected chi connectivity index (χ4v) is 9.13. The molecule has 16 nitrogen and oxygen atoms in total. The third kappa shape index (κ3) is 6.42. The molecule has 0 saturated carbocycles. The summed E-state index contributed by atoms with van der Waals surface area (Å²) in [4.78, 5) is 87.1. The maximum Gasteiger partial charge on any atom is 0.343 e. The first-order valence-electron chi connectivity index (χ1n) is 20.9. The van der Waals surface area contributed by atoms with Gasteiger partial charge in [-0.2, -0.15) is 0 Å². The molecule has 4 aliphatic heterocycles. The number of unbranched alkanes of at least 4 members (excludes halogenated alkanes) is 2. The highest BCUT2D eigenvalue weighted by molar-refractivity contribution is 5.89. The van der Waals surface area contributed by atoms with Gasteiger partial charge in [-0.25, -0.2) is 19.6 Å². The number of nitrogens with zero attached hydrogens (tertiary/aromatic N) is 4. The molecule has 63 heavy (non-hydrogen) atoms. The molecule has 4 aromatic heterocycles. The Balaban J connectivity index is 0.732. The van der Waals surface area contributed by atoms with Gasteiger partial charge in [0.05, 0.1) is 58.0 Å². The number of carbonyl (C=O) groups excluding carboxylic acids is 4. The van der Waals surface area contributed by atoms with Crippen molar-refractivity contribution in [1.29, 1.82) is 0 Å². The van der Waals surface area contributed by atoms with Crippen LogP contribution in [-0.4, -0.2) is 53.2 Å². The SMILES string of the molecule is CCC1(O)C(=O)OCc2c1cc1n(c2=O)Cc2cc3cc(OC(=O)CCCCCC(=O)Oc4ccc5nc6c(cc5c4)Cn4c-6cc5c(c4=O)COC(=O)C5(O)CC)ccc3nc2-1. The highest BCUT2D eigenvalue weighted by atomic mass is 16.6. The number of cyclic esters (lactones) is 2. The topological polar surface area (TPSA) is 215 Å². The second-order valence-corrected chi connectivity index (χ2v) is 16.4. The lowest BCUT2D eigenvalue weighted by Gasteiger charge is -2.31. The normalized spacial score (nSPS) is 19.0. The van der Waals surface area contributed by atoms with Gasteiger partial charge >= 0.3 is 23.9 Å². The second kappa shape index (κ2) is 14.8. The Morgan fingerprint density at radius 2 is 1.06 bits per heavy atom. The zero-order valence-corrected chi connectivity index (χ0v) is 34.3. The van der Waals surface area contributed by atoms with E-state index in [0.717, 1.165) is 11.1 Å². The van der Waals surface area contributed by atoms with E-state index in [1.165, 1.54) is 0 Å². The summed E-state index contributed by atoms with van der Waals surface area (Å²) in [7, 11) is 0. The van der Waals surface area contributed by atoms with Gasteiger partial charge < -0.3 is 38.3 Å². The van der Waals surface area contributed by atoms with Crippen molar-refractivity contribution in [3.8, 4) is 34.3 Å². The monoisotopic (exact) mass is 852 g/mol. The molecule has 0 radical (unpaired) electrons. The van der Waals surface area contributed by atoms with Crippen LogP contribution in [0, 0.1) is 0 Å². The van der Waals surface area contributed by atoms with E-state index >= 15 is 0 Å². The van der Waals surface area contributed by atoms with Crippen LogP contribution < -0.4 is 20.6 Å². The number of hydrogen-bond donors (Lipinski definition) is 2. The van der Waals surface area contributed by atoms with Crippen molar-refractivity contribution < 1.29 is 48.3 Å². The van der Waals surface area contributed by atoms with Gasteiger partial charge in [-0.1, -0.05) is 20.3 Å². The molecule has 0 spiro atoms. The third-order valence-corrected chi connectivity index (χ3v) is 12.7. The van der Waals surface area contributed by atoms with Crippen LogP contribution >= 0.6 is 0 Å².